The molecule has 0 aliphatic carbocycles. The van der Waals surface area contributed by atoms with Crippen molar-refractivity contribution in [2.24, 2.45) is 0 Å². The third-order valence-corrected chi connectivity index (χ3v) is 10.9. The molecule has 264 valence electrons. The first-order valence-electron chi connectivity index (χ1n) is 18.3. The molecule has 0 saturated carbocycles. The number of halogens is 3. The van der Waals surface area contributed by atoms with Crippen molar-refractivity contribution in [3.63, 3.8) is 0 Å². The number of furan rings is 1. The highest BCUT2D eigenvalue weighted by Crippen LogP contribution is 2.39. The number of aryl methyl sites for hydroxylation is 1. The molecule has 0 saturated heterocycles. The average molecular weight is 892 g/mol. The lowest BCUT2D eigenvalue weighted by Crippen LogP contribution is -2.28. The quantitative estimate of drug-likeness (QED) is 0.0483. The molecule has 0 spiro atoms. The second-order valence-corrected chi connectivity index (χ2v) is 15.1. The number of rotatable bonds is 25. The highest BCUT2D eigenvalue weighted by Gasteiger charge is 2.29. The Morgan fingerprint density at radius 1 is 0.787 bits per heavy atom. The van der Waals surface area contributed by atoms with E-state index in [4.69, 9.17) is 9.15 Å². The molecule has 3 aromatic rings. The molecule has 1 unspecified atom stereocenters. The number of hydrogen-bond acceptors (Lipinski definition) is 4. The van der Waals surface area contributed by atoms with E-state index < -0.39 is 0 Å². The second kappa shape index (κ2) is 24.3. The van der Waals surface area contributed by atoms with Crippen LogP contribution >= 0.6 is 57.6 Å². The Morgan fingerprint density at radius 2 is 1.34 bits per heavy atom. The van der Waals surface area contributed by atoms with Crippen LogP contribution in [0.4, 0.5) is 0 Å². The summed E-state index contributed by atoms with van der Waals surface area (Å²) in [7, 11) is 0. The Bertz CT molecular complexity index is 1280. The number of likely N-dealkylation sites (N-methyl/N-ethyl adjacent to an activating group) is 1. The van der Waals surface area contributed by atoms with Crippen molar-refractivity contribution in [3.05, 3.63) is 60.4 Å². The summed E-state index contributed by atoms with van der Waals surface area (Å²) in [5.41, 5.74) is 2.81. The van der Waals surface area contributed by atoms with Crippen LogP contribution in [0.25, 0.3) is 11.0 Å². The Hall–Kier alpha value is -0.840. The van der Waals surface area contributed by atoms with E-state index in [0.29, 0.717) is 6.61 Å². The predicted octanol–water partition coefficient (Wildman–Crippen LogP) is 13.2. The number of fused-ring (bicyclic) bond motifs is 1. The summed E-state index contributed by atoms with van der Waals surface area (Å²) in [4.78, 5) is 16.9. The number of Topliss-reactive ketones (excluding diaryl/α,β-unsaturated/α-hetero) is 1. The van der Waals surface area contributed by atoms with E-state index in [1.807, 2.05) is 18.2 Å². The largest absolute Gasteiger partial charge is 0.490 e. The molecule has 0 fully saturated rings. The number of unbranched alkanes of at least 4 members (excludes halogenated alkanes) is 12. The molecular formula is C40H60ClI2NO3. The lowest BCUT2D eigenvalue weighted by molar-refractivity contribution is 0.0953. The summed E-state index contributed by atoms with van der Waals surface area (Å²) in [5, 5.41) is 1.10. The van der Waals surface area contributed by atoms with Gasteiger partial charge in [0, 0.05) is 29.5 Å². The van der Waals surface area contributed by atoms with Crippen LogP contribution in [-0.2, 0) is 6.42 Å². The number of ether oxygens (including phenoxy) is 1. The van der Waals surface area contributed by atoms with E-state index >= 15 is 0 Å². The van der Waals surface area contributed by atoms with E-state index in [1.165, 1.54) is 70.6 Å². The maximum atomic E-state index is 14.5. The zero-order chi connectivity index (χ0) is 33.1. The van der Waals surface area contributed by atoms with Gasteiger partial charge in [0.15, 0.2) is 5.78 Å². The Kier molecular flexibility index (Phi) is 21.9. The molecule has 7 heteroatoms. The van der Waals surface area contributed by atoms with Crippen LogP contribution < -0.4 is 4.74 Å². The van der Waals surface area contributed by atoms with Gasteiger partial charge in [0.05, 0.1) is 13.1 Å². The van der Waals surface area contributed by atoms with E-state index in [1.54, 1.807) is 0 Å². The molecule has 3 rings (SSSR count). The average Bonchev–Trinajstić information content (AvgIpc) is 3.43. The van der Waals surface area contributed by atoms with E-state index in [9.17, 15) is 4.79 Å². The summed E-state index contributed by atoms with van der Waals surface area (Å²) in [5.74, 6) is 1.89. The van der Waals surface area contributed by atoms with Crippen molar-refractivity contribution >= 4 is 74.3 Å². The number of hydrogen-bond donors (Lipinski definition) is 0. The third-order valence-electron chi connectivity index (χ3n) is 9.31. The molecule has 47 heavy (non-hydrogen) atoms. The molecule has 0 radical (unpaired) electrons. The van der Waals surface area contributed by atoms with Gasteiger partial charge in [0.1, 0.15) is 23.7 Å². The number of benzene rings is 2. The van der Waals surface area contributed by atoms with Crippen molar-refractivity contribution in [2.75, 3.05) is 26.2 Å². The van der Waals surface area contributed by atoms with Crippen LogP contribution in [0.15, 0.2) is 40.8 Å². The highest BCUT2D eigenvalue weighted by atomic mass is 127. The van der Waals surface area contributed by atoms with Gasteiger partial charge >= 0.3 is 0 Å². The lowest BCUT2D eigenvalue weighted by Gasteiger charge is -2.20. The Balaban J connectivity index is 0.00000768. The van der Waals surface area contributed by atoms with Gasteiger partial charge in [-0.15, -0.1) is 12.4 Å². The summed E-state index contributed by atoms with van der Waals surface area (Å²) in [6.07, 6.45) is 19.6. The number of carbonyl (C=O) groups is 1. The second-order valence-electron chi connectivity index (χ2n) is 12.8. The summed E-state index contributed by atoms with van der Waals surface area (Å²) >= 11 is 4.69. The zero-order valence-electron chi connectivity index (χ0n) is 29.5. The van der Waals surface area contributed by atoms with Gasteiger partial charge in [0.2, 0.25) is 0 Å². The summed E-state index contributed by atoms with van der Waals surface area (Å²) in [6.45, 7) is 12.4. The van der Waals surface area contributed by atoms with Gasteiger partial charge in [-0.2, -0.15) is 0 Å². The molecule has 0 aliphatic heterocycles. The summed E-state index contributed by atoms with van der Waals surface area (Å²) in [6, 6.07) is 12.4. The van der Waals surface area contributed by atoms with Crippen LogP contribution in [-0.4, -0.2) is 36.9 Å². The van der Waals surface area contributed by atoms with Gasteiger partial charge in [-0.3, -0.25) is 4.79 Å². The first-order chi connectivity index (χ1) is 22.4. The minimum Gasteiger partial charge on any atom is -0.490 e. The number of para-hydroxylation sites is 1. The predicted molar refractivity (Wildman–Crippen MR) is 220 cm³/mol. The van der Waals surface area contributed by atoms with E-state index in [0.717, 1.165) is 92.5 Å². The lowest BCUT2D eigenvalue weighted by atomic mass is 9.84. The van der Waals surface area contributed by atoms with Gasteiger partial charge in [-0.25, -0.2) is 0 Å². The molecule has 1 heterocycles. The maximum absolute atomic E-state index is 14.5. The zero-order valence-corrected chi connectivity index (χ0v) is 34.7. The van der Waals surface area contributed by atoms with Gasteiger partial charge in [0.25, 0.3) is 0 Å². The first-order valence-corrected chi connectivity index (χ1v) is 20.5. The molecule has 0 N–H and O–H groups in total. The Labute approximate surface area is 319 Å². The van der Waals surface area contributed by atoms with Crippen LogP contribution in [0.5, 0.6) is 5.75 Å². The molecule has 2 aromatic carbocycles. The van der Waals surface area contributed by atoms with Crippen molar-refractivity contribution in [1.82, 2.24) is 4.90 Å². The van der Waals surface area contributed by atoms with Crippen molar-refractivity contribution in [2.45, 2.75) is 136 Å². The van der Waals surface area contributed by atoms with Crippen LogP contribution in [0, 0.1) is 7.14 Å². The monoisotopic (exact) mass is 891 g/mol. The third kappa shape index (κ3) is 13.8. The van der Waals surface area contributed by atoms with Gasteiger partial charge in [-0.05, 0) is 89.3 Å². The fraction of sp³-hybridized carbons (Fsp3) is 0.625. The molecule has 1 aromatic heterocycles. The number of carbonyl (C=O) groups excluding carboxylic acids is 1. The fourth-order valence-corrected chi connectivity index (χ4v) is 8.55. The summed E-state index contributed by atoms with van der Waals surface area (Å²) < 4.78 is 14.7. The van der Waals surface area contributed by atoms with Gasteiger partial charge < -0.3 is 14.1 Å². The minimum absolute atomic E-state index is 0. The SMILES string of the molecule is CCCCCCCCCCCCCCC(C(=O)c1cc(I)c(OCCN(CC)CC)c(I)c1)c1c(CCCC)oc2ccccc12.Cl. The molecular weight excluding hydrogens is 832 g/mol. The minimum atomic E-state index is -0.209. The highest BCUT2D eigenvalue weighted by molar-refractivity contribution is 14.1. The maximum Gasteiger partial charge on any atom is 0.170 e. The van der Waals surface area contributed by atoms with Crippen LogP contribution in [0.3, 0.4) is 0 Å². The fourth-order valence-electron chi connectivity index (χ4n) is 6.47. The topological polar surface area (TPSA) is 42.7 Å². The van der Waals surface area contributed by atoms with E-state index in [2.05, 4.69) is 96.0 Å². The Morgan fingerprint density at radius 3 is 1.91 bits per heavy atom. The number of nitrogens with zero attached hydrogens (tertiary/aromatic N) is 1. The molecule has 0 aliphatic rings. The number of ketones is 1. The van der Waals surface area contributed by atoms with Gasteiger partial charge in [-0.1, -0.05) is 129 Å². The molecule has 0 amide bonds. The van der Waals surface area contributed by atoms with E-state index in [-0.39, 0.29) is 24.1 Å². The van der Waals surface area contributed by atoms with Crippen LogP contribution in [0.1, 0.15) is 152 Å². The van der Waals surface area contributed by atoms with Crippen molar-refractivity contribution in [3.8, 4) is 5.75 Å². The molecule has 4 nitrogen and oxygen atoms in total. The first kappa shape index (κ1) is 42.3. The molecule has 1 atom stereocenters. The van der Waals surface area contributed by atoms with Crippen molar-refractivity contribution in [1.29, 1.82) is 0 Å². The standard InChI is InChI=1S/C40H59I2NO3.ClH/c1-5-9-11-12-13-14-15-16-17-18-19-20-24-33(38-32-23-21-22-26-36(32)46-37(38)25-10-6-2)39(44)31-29-34(41)40(35(42)30-31)45-28-27-43(7-3)8-4;/h21-23,26,29-30,33H,5-20,24-25,27-28H2,1-4H3;1H. The van der Waals surface area contributed by atoms with Crippen molar-refractivity contribution < 1.29 is 13.9 Å². The smallest absolute Gasteiger partial charge is 0.170 e. The molecule has 0 bridgehead atoms. The normalized spacial score (nSPS) is 12.1. The van der Waals surface area contributed by atoms with Crippen LogP contribution in [0.2, 0.25) is 0 Å².